The van der Waals surface area contributed by atoms with Gasteiger partial charge in [-0.2, -0.15) is 0 Å². The molecule has 1 nitrogen and oxygen atoms in total. The van der Waals surface area contributed by atoms with E-state index in [2.05, 4.69) is 29.3 Å². The molecule has 0 unspecified atom stereocenters. The van der Waals surface area contributed by atoms with Crippen molar-refractivity contribution < 1.29 is 0 Å². The maximum Gasteiger partial charge on any atom is 0.0769 e. The maximum absolute atomic E-state index is 5.05. The van der Waals surface area contributed by atoms with Crippen LogP contribution in [-0.4, -0.2) is 8.76 Å². The molecule has 66 valence electrons. The minimum atomic E-state index is 0.650. The van der Waals surface area contributed by atoms with Gasteiger partial charge < -0.3 is 4.57 Å². The number of aromatic nitrogens is 1. The number of hydrogen-bond donors (Lipinski definition) is 1. The van der Waals surface area contributed by atoms with Crippen LogP contribution in [0.25, 0.3) is 10.9 Å². The third kappa shape index (κ3) is 1.38. The van der Waals surface area contributed by atoms with Crippen molar-refractivity contribution in [3.63, 3.8) is 0 Å². The first kappa shape index (κ1) is 8.78. The van der Waals surface area contributed by atoms with Crippen LogP contribution in [0.1, 0.15) is 5.56 Å². The van der Waals surface area contributed by atoms with Crippen molar-refractivity contribution >= 4 is 39.9 Å². The molecule has 0 radical (unpaired) electrons. The number of nitrogens with zero attached hydrogens (tertiary/aromatic N) is 1. The summed E-state index contributed by atoms with van der Waals surface area (Å²) in [5.41, 5.74) is 2.23. The summed E-state index contributed by atoms with van der Waals surface area (Å²) in [5.74, 6) is 0. The predicted molar refractivity (Wildman–Crippen MR) is 63.6 cm³/mol. The molecule has 1 aromatic carbocycles. The third-order valence-corrected chi connectivity index (χ3v) is 2.59. The van der Waals surface area contributed by atoms with Crippen LogP contribution in [0.15, 0.2) is 30.5 Å². The molecule has 0 N–H and O–H groups in total. The van der Waals surface area contributed by atoms with E-state index in [1.807, 2.05) is 25.4 Å². The van der Waals surface area contributed by atoms with Crippen molar-refractivity contribution in [2.24, 2.45) is 7.05 Å². The van der Waals surface area contributed by atoms with Crippen LogP contribution in [0.2, 0.25) is 0 Å². The summed E-state index contributed by atoms with van der Waals surface area (Å²) in [6.45, 7) is 0. The Bertz CT molecular complexity index is 471. The molecular formula is C10H9NS2. The van der Waals surface area contributed by atoms with Crippen LogP contribution >= 0.6 is 24.8 Å². The first-order chi connectivity index (χ1) is 6.20. The van der Waals surface area contributed by atoms with E-state index in [0.29, 0.717) is 4.20 Å². The highest BCUT2D eigenvalue weighted by molar-refractivity contribution is 8.11. The molecule has 0 atom stereocenters. The molecule has 1 heterocycles. The fourth-order valence-corrected chi connectivity index (χ4v) is 1.85. The highest BCUT2D eigenvalue weighted by Gasteiger charge is 2.06. The van der Waals surface area contributed by atoms with Crippen molar-refractivity contribution in [3.05, 3.63) is 36.0 Å². The molecule has 3 heteroatoms. The van der Waals surface area contributed by atoms with Crippen LogP contribution in [0, 0.1) is 0 Å². The van der Waals surface area contributed by atoms with Gasteiger partial charge in [-0.25, -0.2) is 0 Å². The molecular weight excluding hydrogens is 198 g/mol. The smallest absolute Gasteiger partial charge is 0.0769 e. The Morgan fingerprint density at radius 2 is 2.08 bits per heavy atom. The van der Waals surface area contributed by atoms with Crippen molar-refractivity contribution in [3.8, 4) is 0 Å². The number of para-hydroxylation sites is 1. The second kappa shape index (κ2) is 3.16. The zero-order chi connectivity index (χ0) is 9.42. The number of thiocarbonyl (C=S) groups is 1. The predicted octanol–water partition coefficient (Wildman–Crippen LogP) is 2.78. The first-order valence-electron chi connectivity index (χ1n) is 3.97. The van der Waals surface area contributed by atoms with Gasteiger partial charge >= 0.3 is 0 Å². The normalized spacial score (nSPS) is 10.6. The zero-order valence-electron chi connectivity index (χ0n) is 7.19. The number of hydrogen-bond acceptors (Lipinski definition) is 1. The Hall–Kier alpha value is -0.800. The Labute approximate surface area is 87.8 Å². The Balaban J connectivity index is 2.85. The number of rotatable bonds is 1. The van der Waals surface area contributed by atoms with Crippen molar-refractivity contribution in [1.82, 2.24) is 4.57 Å². The third-order valence-electron chi connectivity index (χ3n) is 2.13. The lowest BCUT2D eigenvalue weighted by Gasteiger charge is -1.93. The van der Waals surface area contributed by atoms with Crippen LogP contribution in [-0.2, 0) is 7.05 Å². The van der Waals surface area contributed by atoms with Gasteiger partial charge in [-0.15, -0.1) is 12.6 Å². The topological polar surface area (TPSA) is 4.93 Å². The van der Waals surface area contributed by atoms with E-state index < -0.39 is 0 Å². The van der Waals surface area contributed by atoms with E-state index >= 15 is 0 Å². The fraction of sp³-hybridized carbons (Fsp3) is 0.100. The molecule has 0 aliphatic heterocycles. The molecule has 0 fully saturated rings. The molecule has 0 aliphatic carbocycles. The van der Waals surface area contributed by atoms with E-state index in [4.69, 9.17) is 12.2 Å². The van der Waals surface area contributed by atoms with Gasteiger partial charge in [0.2, 0.25) is 0 Å². The Morgan fingerprint density at radius 1 is 1.38 bits per heavy atom. The van der Waals surface area contributed by atoms with Gasteiger partial charge in [-0.1, -0.05) is 30.4 Å². The van der Waals surface area contributed by atoms with Crippen molar-refractivity contribution in [2.45, 2.75) is 0 Å². The monoisotopic (exact) mass is 207 g/mol. The molecule has 0 saturated carbocycles. The summed E-state index contributed by atoms with van der Waals surface area (Å²) in [6.07, 6.45) is 2.01. The summed E-state index contributed by atoms with van der Waals surface area (Å²) >= 11 is 9.25. The molecule has 1 aromatic heterocycles. The van der Waals surface area contributed by atoms with Gasteiger partial charge in [0, 0.05) is 29.7 Å². The van der Waals surface area contributed by atoms with E-state index in [9.17, 15) is 0 Å². The number of aryl methyl sites for hydroxylation is 1. The fourth-order valence-electron chi connectivity index (χ4n) is 1.51. The first-order valence-corrected chi connectivity index (χ1v) is 4.83. The molecule has 0 spiro atoms. The SMILES string of the molecule is Cn1cc(C(=S)S)c2ccccc21. The van der Waals surface area contributed by atoms with Gasteiger partial charge in [0.25, 0.3) is 0 Å². The minimum absolute atomic E-state index is 0.650. The van der Waals surface area contributed by atoms with Crippen LogP contribution in [0.4, 0.5) is 0 Å². The highest BCUT2D eigenvalue weighted by atomic mass is 32.1. The van der Waals surface area contributed by atoms with Gasteiger partial charge in [0.15, 0.2) is 0 Å². The van der Waals surface area contributed by atoms with E-state index in [0.717, 1.165) is 5.56 Å². The largest absolute Gasteiger partial charge is 0.350 e. The molecule has 0 saturated heterocycles. The quantitative estimate of drug-likeness (QED) is 0.557. The van der Waals surface area contributed by atoms with Crippen molar-refractivity contribution in [1.29, 1.82) is 0 Å². The average molecular weight is 207 g/mol. The van der Waals surface area contributed by atoms with E-state index in [1.165, 1.54) is 10.9 Å². The van der Waals surface area contributed by atoms with Crippen LogP contribution in [0.3, 0.4) is 0 Å². The number of thiol groups is 1. The Kier molecular flexibility index (Phi) is 2.14. The minimum Gasteiger partial charge on any atom is -0.350 e. The molecule has 13 heavy (non-hydrogen) atoms. The number of fused-ring (bicyclic) bond motifs is 1. The molecule has 2 aromatic rings. The lowest BCUT2D eigenvalue weighted by atomic mass is 10.2. The van der Waals surface area contributed by atoms with E-state index in [1.54, 1.807) is 0 Å². The lowest BCUT2D eigenvalue weighted by Crippen LogP contribution is -1.84. The van der Waals surface area contributed by atoms with Crippen LogP contribution < -0.4 is 0 Å². The average Bonchev–Trinajstić information content (AvgIpc) is 2.45. The van der Waals surface area contributed by atoms with E-state index in [-0.39, 0.29) is 0 Å². The number of benzene rings is 1. The molecule has 0 bridgehead atoms. The second-order valence-corrected chi connectivity index (χ2v) is 4.13. The summed E-state index contributed by atoms with van der Waals surface area (Å²) in [4.78, 5) is 0. The molecule has 0 aliphatic rings. The van der Waals surface area contributed by atoms with Gasteiger partial charge in [-0.05, 0) is 6.07 Å². The highest BCUT2D eigenvalue weighted by Crippen LogP contribution is 2.21. The summed E-state index contributed by atoms with van der Waals surface area (Å²) < 4.78 is 2.71. The zero-order valence-corrected chi connectivity index (χ0v) is 8.90. The standard InChI is InChI=1S/C10H9NS2/c1-11-6-8(10(12)13)7-4-2-3-5-9(7)11/h2-6H,1H3,(H,12,13). The summed E-state index contributed by atoms with van der Waals surface area (Å²) in [7, 11) is 2.01. The molecule has 0 amide bonds. The van der Waals surface area contributed by atoms with Gasteiger partial charge in [-0.3, -0.25) is 0 Å². The lowest BCUT2D eigenvalue weighted by molar-refractivity contribution is 0.968. The second-order valence-electron chi connectivity index (χ2n) is 2.98. The van der Waals surface area contributed by atoms with Crippen LogP contribution in [0.5, 0.6) is 0 Å². The van der Waals surface area contributed by atoms with Crippen molar-refractivity contribution in [2.75, 3.05) is 0 Å². The molecule has 2 rings (SSSR count). The Morgan fingerprint density at radius 3 is 2.77 bits per heavy atom. The summed E-state index contributed by atoms with van der Waals surface area (Å²) in [5, 5.41) is 1.17. The van der Waals surface area contributed by atoms with Gasteiger partial charge in [0.1, 0.15) is 0 Å². The maximum atomic E-state index is 5.05. The van der Waals surface area contributed by atoms with Gasteiger partial charge in [0.05, 0.1) is 4.20 Å². The summed E-state index contributed by atoms with van der Waals surface area (Å²) in [6, 6.07) is 8.17.